The maximum Gasteiger partial charge on any atom is 0.191 e. The normalized spacial score (nSPS) is 10.8. The summed E-state index contributed by atoms with van der Waals surface area (Å²) in [5, 5.41) is 9.82. The van der Waals surface area contributed by atoms with E-state index in [4.69, 9.17) is 23.2 Å². The van der Waals surface area contributed by atoms with Crippen LogP contribution >= 0.6 is 35.0 Å². The number of aromatic nitrogens is 4. The molecule has 24 heavy (non-hydrogen) atoms. The Balaban J connectivity index is 1.73. The minimum absolute atomic E-state index is 0.0878. The average molecular weight is 379 g/mol. The maximum atomic E-state index is 12.3. The summed E-state index contributed by atoms with van der Waals surface area (Å²) in [5.41, 5.74) is 1.36. The van der Waals surface area contributed by atoms with Crippen molar-refractivity contribution in [3.63, 3.8) is 0 Å². The molecule has 0 saturated carbocycles. The molecule has 8 heteroatoms. The largest absolute Gasteiger partial charge is 0.305 e. The van der Waals surface area contributed by atoms with E-state index in [0.29, 0.717) is 20.8 Å². The number of hydrogen-bond donors (Lipinski definition) is 0. The first-order valence-corrected chi connectivity index (χ1v) is 8.71. The molecular formula is C16H12Cl2N4OS. The zero-order chi connectivity index (χ0) is 17.1. The van der Waals surface area contributed by atoms with Crippen molar-refractivity contribution in [2.24, 2.45) is 7.05 Å². The van der Waals surface area contributed by atoms with Crippen LogP contribution in [-0.2, 0) is 7.05 Å². The van der Waals surface area contributed by atoms with Crippen LogP contribution in [-0.4, -0.2) is 31.3 Å². The number of nitrogens with zero attached hydrogens (tertiary/aromatic N) is 4. The molecule has 0 N–H and O–H groups in total. The lowest BCUT2D eigenvalue weighted by atomic mass is 10.1. The quantitative estimate of drug-likeness (QED) is 0.492. The topological polar surface area (TPSA) is 60.7 Å². The summed E-state index contributed by atoms with van der Waals surface area (Å²) in [7, 11) is 1.86. The van der Waals surface area contributed by atoms with Crippen molar-refractivity contribution in [1.29, 1.82) is 0 Å². The van der Waals surface area contributed by atoms with Crippen LogP contribution in [0.15, 0.2) is 47.9 Å². The van der Waals surface area contributed by atoms with Crippen molar-refractivity contribution in [3.05, 3.63) is 58.3 Å². The third-order valence-electron chi connectivity index (χ3n) is 3.34. The van der Waals surface area contributed by atoms with Gasteiger partial charge in [-0.25, -0.2) is 0 Å². The summed E-state index contributed by atoms with van der Waals surface area (Å²) < 4.78 is 1.84. The van der Waals surface area contributed by atoms with Crippen molar-refractivity contribution in [3.8, 4) is 11.4 Å². The Labute approximate surface area is 153 Å². The van der Waals surface area contributed by atoms with E-state index in [0.717, 1.165) is 11.4 Å². The average Bonchev–Trinajstić information content (AvgIpc) is 2.94. The minimum atomic E-state index is -0.0878. The fraction of sp³-hybridized carbons (Fsp3) is 0.125. The second-order valence-electron chi connectivity index (χ2n) is 4.94. The number of carbonyl (C=O) groups excluding carboxylic acids is 1. The molecule has 0 aliphatic heterocycles. The highest BCUT2D eigenvalue weighted by Crippen LogP contribution is 2.25. The summed E-state index contributed by atoms with van der Waals surface area (Å²) in [6.45, 7) is 0. The van der Waals surface area contributed by atoms with E-state index in [-0.39, 0.29) is 11.5 Å². The lowest BCUT2D eigenvalue weighted by Crippen LogP contribution is -2.04. The van der Waals surface area contributed by atoms with Gasteiger partial charge in [-0.15, -0.1) is 10.2 Å². The molecule has 0 aliphatic carbocycles. The molecule has 2 aromatic heterocycles. The Bertz CT molecular complexity index is 883. The van der Waals surface area contributed by atoms with E-state index < -0.39 is 0 Å². The van der Waals surface area contributed by atoms with Crippen molar-refractivity contribution in [1.82, 2.24) is 19.7 Å². The second kappa shape index (κ2) is 7.34. The lowest BCUT2D eigenvalue weighted by molar-refractivity contribution is 0.102. The van der Waals surface area contributed by atoms with Gasteiger partial charge in [0.05, 0.1) is 10.8 Å². The SMILES string of the molecule is Cn1c(SCC(=O)c2ccc(Cl)cc2Cl)nnc1-c1ccncc1. The van der Waals surface area contributed by atoms with Gasteiger partial charge in [0.25, 0.3) is 0 Å². The summed E-state index contributed by atoms with van der Waals surface area (Å²) in [4.78, 5) is 16.3. The molecule has 0 fully saturated rings. The molecule has 3 aromatic rings. The number of halogens is 2. The molecule has 122 valence electrons. The van der Waals surface area contributed by atoms with Crippen LogP contribution in [0.4, 0.5) is 0 Å². The predicted molar refractivity (Wildman–Crippen MR) is 95.8 cm³/mol. The highest BCUT2D eigenvalue weighted by molar-refractivity contribution is 7.99. The molecule has 0 saturated heterocycles. The van der Waals surface area contributed by atoms with E-state index in [2.05, 4.69) is 15.2 Å². The zero-order valence-electron chi connectivity index (χ0n) is 12.6. The van der Waals surface area contributed by atoms with Gasteiger partial charge in [-0.3, -0.25) is 9.78 Å². The summed E-state index contributed by atoms with van der Waals surface area (Å²) in [6, 6.07) is 8.56. The maximum absolute atomic E-state index is 12.3. The van der Waals surface area contributed by atoms with E-state index in [1.807, 2.05) is 23.7 Å². The molecule has 1 aromatic carbocycles. The Morgan fingerprint density at radius 2 is 1.92 bits per heavy atom. The fourth-order valence-corrected chi connectivity index (χ4v) is 3.42. The van der Waals surface area contributed by atoms with Crippen LogP contribution in [0.2, 0.25) is 10.0 Å². The van der Waals surface area contributed by atoms with Gasteiger partial charge in [-0.05, 0) is 30.3 Å². The van der Waals surface area contributed by atoms with Crippen LogP contribution in [0, 0.1) is 0 Å². The molecule has 0 spiro atoms. The van der Waals surface area contributed by atoms with Gasteiger partial charge >= 0.3 is 0 Å². The summed E-state index contributed by atoms with van der Waals surface area (Å²) in [5.74, 6) is 0.843. The van der Waals surface area contributed by atoms with Gasteiger partial charge in [0.2, 0.25) is 0 Å². The third-order valence-corrected chi connectivity index (χ3v) is 4.91. The van der Waals surface area contributed by atoms with Crippen molar-refractivity contribution in [2.75, 3.05) is 5.75 Å². The summed E-state index contributed by atoms with van der Waals surface area (Å²) in [6.07, 6.45) is 3.39. The molecule has 0 amide bonds. The highest BCUT2D eigenvalue weighted by atomic mass is 35.5. The molecule has 0 bridgehead atoms. The number of Topliss-reactive ketones (excluding diaryl/α,β-unsaturated/α-hetero) is 1. The van der Waals surface area contributed by atoms with Gasteiger partial charge in [0, 0.05) is 35.6 Å². The number of ketones is 1. The van der Waals surface area contributed by atoms with E-state index in [1.165, 1.54) is 11.8 Å². The van der Waals surface area contributed by atoms with Crippen LogP contribution < -0.4 is 0 Å². The zero-order valence-corrected chi connectivity index (χ0v) is 14.9. The second-order valence-corrected chi connectivity index (χ2v) is 6.72. The van der Waals surface area contributed by atoms with Gasteiger partial charge in [-0.1, -0.05) is 35.0 Å². The first-order valence-electron chi connectivity index (χ1n) is 6.97. The number of pyridine rings is 1. The number of benzene rings is 1. The van der Waals surface area contributed by atoms with Gasteiger partial charge in [-0.2, -0.15) is 0 Å². The summed E-state index contributed by atoms with van der Waals surface area (Å²) >= 11 is 13.2. The Morgan fingerprint density at radius 3 is 2.62 bits per heavy atom. The minimum Gasteiger partial charge on any atom is -0.305 e. The lowest BCUT2D eigenvalue weighted by Gasteiger charge is -2.05. The highest BCUT2D eigenvalue weighted by Gasteiger charge is 2.15. The number of rotatable bonds is 5. The van der Waals surface area contributed by atoms with E-state index in [1.54, 1.807) is 30.6 Å². The number of thioether (sulfide) groups is 1. The monoisotopic (exact) mass is 378 g/mol. The number of carbonyl (C=O) groups is 1. The predicted octanol–water partition coefficient (Wildman–Crippen LogP) is 4.16. The molecular weight excluding hydrogens is 367 g/mol. The van der Waals surface area contributed by atoms with Crippen LogP contribution in [0.25, 0.3) is 11.4 Å². The Hall–Kier alpha value is -1.89. The van der Waals surface area contributed by atoms with E-state index >= 15 is 0 Å². The molecule has 0 unspecified atom stereocenters. The molecule has 5 nitrogen and oxygen atoms in total. The van der Waals surface area contributed by atoms with Crippen molar-refractivity contribution >= 4 is 40.7 Å². The van der Waals surface area contributed by atoms with Crippen LogP contribution in [0.1, 0.15) is 10.4 Å². The van der Waals surface area contributed by atoms with Crippen LogP contribution in [0.3, 0.4) is 0 Å². The standard InChI is InChI=1S/C16H12Cl2N4OS/c1-22-15(10-4-6-19-7-5-10)20-21-16(22)24-9-14(23)12-3-2-11(17)8-13(12)18/h2-8H,9H2,1H3. The van der Waals surface area contributed by atoms with Crippen molar-refractivity contribution in [2.45, 2.75) is 5.16 Å². The molecule has 0 radical (unpaired) electrons. The fourth-order valence-electron chi connectivity index (χ4n) is 2.12. The van der Waals surface area contributed by atoms with Crippen LogP contribution in [0.5, 0.6) is 0 Å². The smallest absolute Gasteiger partial charge is 0.191 e. The third kappa shape index (κ3) is 3.61. The molecule has 0 aliphatic rings. The van der Waals surface area contributed by atoms with Crippen molar-refractivity contribution < 1.29 is 4.79 Å². The Morgan fingerprint density at radius 1 is 1.17 bits per heavy atom. The van der Waals surface area contributed by atoms with E-state index in [9.17, 15) is 4.79 Å². The van der Waals surface area contributed by atoms with Gasteiger partial charge in [0.1, 0.15) is 0 Å². The van der Waals surface area contributed by atoms with Gasteiger partial charge < -0.3 is 4.57 Å². The molecule has 2 heterocycles. The molecule has 0 atom stereocenters. The first-order chi connectivity index (χ1) is 11.6. The first kappa shape index (κ1) is 17.0. The molecule has 3 rings (SSSR count). The Kier molecular flexibility index (Phi) is 5.18. The number of hydrogen-bond acceptors (Lipinski definition) is 5. The van der Waals surface area contributed by atoms with Gasteiger partial charge in [0.15, 0.2) is 16.8 Å².